The van der Waals surface area contributed by atoms with Crippen molar-refractivity contribution in [1.82, 2.24) is 0 Å². The molecule has 0 N–H and O–H groups in total. The molecule has 0 aliphatic heterocycles. The molecule has 0 atom stereocenters. The van der Waals surface area contributed by atoms with E-state index in [4.69, 9.17) is 4.74 Å². The molecule has 30 heavy (non-hydrogen) atoms. The van der Waals surface area contributed by atoms with Crippen molar-refractivity contribution < 1.29 is 4.74 Å². The van der Waals surface area contributed by atoms with E-state index in [9.17, 15) is 0 Å². The second kappa shape index (κ2) is 16.7. The number of hydrogen-bond donors (Lipinski definition) is 0. The molecule has 1 fully saturated rings. The van der Waals surface area contributed by atoms with E-state index in [0.717, 1.165) is 24.2 Å². The molecule has 0 radical (unpaired) electrons. The van der Waals surface area contributed by atoms with Gasteiger partial charge >= 0.3 is 0 Å². The van der Waals surface area contributed by atoms with Crippen molar-refractivity contribution >= 4 is 0 Å². The summed E-state index contributed by atoms with van der Waals surface area (Å²) in [6.07, 6.45) is 25.1. The van der Waals surface area contributed by atoms with Crippen molar-refractivity contribution in [3.05, 3.63) is 29.8 Å². The largest absolute Gasteiger partial charge is 0.494 e. The highest BCUT2D eigenvalue weighted by Crippen LogP contribution is 2.34. The molecule has 172 valence electrons. The summed E-state index contributed by atoms with van der Waals surface area (Å²) in [6, 6.07) is 8.90. The normalized spacial score (nSPS) is 19.1. The Bertz CT molecular complexity index is 498. The first-order valence-electron chi connectivity index (χ1n) is 13.5. The maximum atomic E-state index is 5.91. The van der Waals surface area contributed by atoms with Crippen molar-refractivity contribution in [2.45, 2.75) is 129 Å². The van der Waals surface area contributed by atoms with Crippen LogP contribution in [0.3, 0.4) is 0 Å². The molecular weight excluding hydrogens is 364 g/mol. The van der Waals surface area contributed by atoms with Crippen LogP contribution < -0.4 is 4.74 Å². The van der Waals surface area contributed by atoms with Gasteiger partial charge in [0.2, 0.25) is 0 Å². The van der Waals surface area contributed by atoms with Gasteiger partial charge in [-0.05, 0) is 48.8 Å². The number of rotatable bonds is 17. The highest BCUT2D eigenvalue weighted by atomic mass is 16.5. The van der Waals surface area contributed by atoms with Gasteiger partial charge in [0.1, 0.15) is 5.75 Å². The van der Waals surface area contributed by atoms with E-state index in [2.05, 4.69) is 38.1 Å². The Morgan fingerprint density at radius 1 is 0.633 bits per heavy atom. The summed E-state index contributed by atoms with van der Waals surface area (Å²) < 4.78 is 5.91. The highest BCUT2D eigenvalue weighted by molar-refractivity contribution is 5.27. The van der Waals surface area contributed by atoms with Crippen molar-refractivity contribution in [1.29, 1.82) is 0 Å². The van der Waals surface area contributed by atoms with Gasteiger partial charge in [0.05, 0.1) is 6.61 Å². The van der Waals surface area contributed by atoms with E-state index in [1.165, 1.54) is 121 Å². The second-order valence-electron chi connectivity index (χ2n) is 9.89. The summed E-state index contributed by atoms with van der Waals surface area (Å²) in [5.74, 6) is 3.11. The molecule has 1 aromatic carbocycles. The zero-order valence-corrected chi connectivity index (χ0v) is 20.3. The Balaban J connectivity index is 1.48. The standard InChI is InChI=1S/C29H50O/c1-3-5-7-8-9-13-25-30-29-23-21-28(22-24-29)16-12-11-15-27-19-17-26(18-20-27)14-10-6-4-2/h21-24,26-27H,3-20,25H2,1-2H3/t26-,27-. The third-order valence-corrected chi connectivity index (χ3v) is 7.20. The third-order valence-electron chi connectivity index (χ3n) is 7.20. The molecule has 1 nitrogen and oxygen atoms in total. The minimum atomic E-state index is 0.867. The maximum absolute atomic E-state index is 5.91. The Morgan fingerprint density at radius 2 is 1.17 bits per heavy atom. The molecule has 0 amide bonds. The minimum absolute atomic E-state index is 0.867. The fraction of sp³-hybridized carbons (Fsp3) is 0.793. The smallest absolute Gasteiger partial charge is 0.119 e. The number of unbranched alkanes of at least 4 members (excludes halogenated alkanes) is 8. The van der Waals surface area contributed by atoms with E-state index in [1.807, 2.05) is 0 Å². The van der Waals surface area contributed by atoms with Gasteiger partial charge in [0.25, 0.3) is 0 Å². The summed E-state index contributed by atoms with van der Waals surface area (Å²) in [4.78, 5) is 0. The van der Waals surface area contributed by atoms with Crippen LogP contribution in [0.2, 0.25) is 0 Å². The minimum Gasteiger partial charge on any atom is -0.494 e. The second-order valence-corrected chi connectivity index (χ2v) is 9.89. The first kappa shape index (κ1) is 25.3. The van der Waals surface area contributed by atoms with Crippen LogP contribution in [0.25, 0.3) is 0 Å². The molecule has 0 unspecified atom stereocenters. The molecule has 0 heterocycles. The van der Waals surface area contributed by atoms with Gasteiger partial charge in [-0.25, -0.2) is 0 Å². The van der Waals surface area contributed by atoms with Crippen molar-refractivity contribution in [2.75, 3.05) is 6.61 Å². The van der Waals surface area contributed by atoms with Gasteiger partial charge in [-0.1, -0.05) is 122 Å². The Labute approximate surface area is 188 Å². The molecule has 1 aliphatic carbocycles. The van der Waals surface area contributed by atoms with E-state index < -0.39 is 0 Å². The van der Waals surface area contributed by atoms with Crippen LogP contribution in [0.4, 0.5) is 0 Å². The monoisotopic (exact) mass is 414 g/mol. The zero-order chi connectivity index (χ0) is 21.3. The van der Waals surface area contributed by atoms with Crippen molar-refractivity contribution in [3.63, 3.8) is 0 Å². The highest BCUT2D eigenvalue weighted by Gasteiger charge is 2.20. The molecule has 0 spiro atoms. The first-order chi connectivity index (χ1) is 14.8. The van der Waals surface area contributed by atoms with Crippen LogP contribution >= 0.6 is 0 Å². The average molecular weight is 415 g/mol. The topological polar surface area (TPSA) is 9.23 Å². The molecule has 1 aliphatic rings. The van der Waals surface area contributed by atoms with Gasteiger partial charge in [-0.15, -0.1) is 0 Å². The van der Waals surface area contributed by atoms with E-state index in [1.54, 1.807) is 0 Å². The van der Waals surface area contributed by atoms with Gasteiger partial charge in [-0.2, -0.15) is 0 Å². The van der Waals surface area contributed by atoms with Crippen LogP contribution in [0.5, 0.6) is 5.75 Å². The quantitative estimate of drug-likeness (QED) is 0.231. The van der Waals surface area contributed by atoms with Crippen LogP contribution in [-0.4, -0.2) is 6.61 Å². The van der Waals surface area contributed by atoms with Crippen molar-refractivity contribution in [3.8, 4) is 5.75 Å². The summed E-state index contributed by atoms with van der Waals surface area (Å²) in [6.45, 7) is 5.45. The Hall–Kier alpha value is -0.980. The summed E-state index contributed by atoms with van der Waals surface area (Å²) in [5.41, 5.74) is 1.47. The fourth-order valence-electron chi connectivity index (χ4n) is 5.08. The lowest BCUT2D eigenvalue weighted by Gasteiger charge is -2.28. The molecular formula is C29H50O. The van der Waals surface area contributed by atoms with Gasteiger partial charge in [-0.3, -0.25) is 0 Å². The zero-order valence-electron chi connectivity index (χ0n) is 20.3. The molecule has 0 saturated heterocycles. The molecule has 0 aromatic heterocycles. The lowest BCUT2D eigenvalue weighted by Crippen LogP contribution is -2.14. The van der Waals surface area contributed by atoms with Crippen LogP contribution in [0.15, 0.2) is 24.3 Å². The fourth-order valence-corrected chi connectivity index (χ4v) is 5.08. The summed E-state index contributed by atoms with van der Waals surface area (Å²) in [7, 11) is 0. The average Bonchev–Trinajstić information content (AvgIpc) is 2.78. The van der Waals surface area contributed by atoms with Crippen molar-refractivity contribution in [2.24, 2.45) is 11.8 Å². The van der Waals surface area contributed by atoms with Crippen LogP contribution in [0.1, 0.15) is 129 Å². The number of benzene rings is 1. The van der Waals surface area contributed by atoms with Crippen LogP contribution in [0, 0.1) is 11.8 Å². The molecule has 2 rings (SSSR count). The lowest BCUT2D eigenvalue weighted by molar-refractivity contribution is 0.245. The molecule has 0 bridgehead atoms. The third kappa shape index (κ3) is 11.4. The summed E-state index contributed by atoms with van der Waals surface area (Å²) in [5, 5.41) is 0. The van der Waals surface area contributed by atoms with Gasteiger partial charge in [0.15, 0.2) is 0 Å². The molecule has 1 saturated carbocycles. The number of aryl methyl sites for hydroxylation is 1. The Kier molecular flexibility index (Phi) is 14.1. The van der Waals surface area contributed by atoms with E-state index in [0.29, 0.717) is 0 Å². The molecule has 1 aromatic rings. The van der Waals surface area contributed by atoms with E-state index in [-0.39, 0.29) is 0 Å². The van der Waals surface area contributed by atoms with E-state index >= 15 is 0 Å². The lowest BCUT2D eigenvalue weighted by atomic mass is 9.78. The Morgan fingerprint density at radius 3 is 1.80 bits per heavy atom. The molecule has 1 heteroatoms. The van der Waals surface area contributed by atoms with Gasteiger partial charge < -0.3 is 4.74 Å². The SMILES string of the molecule is CCCCCCCCOc1ccc(CCCC[C@H]2CC[C@H](CCCCC)CC2)cc1. The summed E-state index contributed by atoms with van der Waals surface area (Å²) >= 11 is 0. The predicted octanol–water partition coefficient (Wildman–Crippen LogP) is 9.53. The first-order valence-corrected chi connectivity index (χ1v) is 13.5. The maximum Gasteiger partial charge on any atom is 0.119 e. The number of hydrogen-bond acceptors (Lipinski definition) is 1. The number of ether oxygens (including phenoxy) is 1. The van der Waals surface area contributed by atoms with Crippen LogP contribution in [-0.2, 0) is 6.42 Å². The van der Waals surface area contributed by atoms with Gasteiger partial charge in [0, 0.05) is 0 Å². The predicted molar refractivity (Wildman–Crippen MR) is 132 cm³/mol.